The Bertz CT molecular complexity index is 437. The van der Waals surface area contributed by atoms with Gasteiger partial charge in [-0.25, -0.2) is 0 Å². The highest BCUT2D eigenvalue weighted by Crippen LogP contribution is 2.42. The Morgan fingerprint density at radius 1 is 1.24 bits per heavy atom. The van der Waals surface area contributed by atoms with Crippen molar-refractivity contribution in [1.29, 1.82) is 0 Å². The van der Waals surface area contributed by atoms with Gasteiger partial charge in [0, 0.05) is 6.92 Å². The van der Waals surface area contributed by atoms with E-state index in [2.05, 4.69) is 26.8 Å². The molecule has 0 aromatic heterocycles. The maximum Gasteiger partial charge on any atom is 0.308 e. The molecule has 0 saturated heterocycles. The zero-order valence-electron chi connectivity index (χ0n) is 11.0. The van der Waals surface area contributed by atoms with Crippen LogP contribution < -0.4 is 4.74 Å². The lowest BCUT2D eigenvalue weighted by molar-refractivity contribution is -0.131. The van der Waals surface area contributed by atoms with E-state index in [1.54, 1.807) is 0 Å². The second kappa shape index (κ2) is 4.17. The molecule has 0 atom stereocenters. The predicted molar refractivity (Wildman–Crippen MR) is 68.4 cm³/mol. The Labute approximate surface area is 103 Å². The first-order valence-corrected chi connectivity index (χ1v) is 6.20. The van der Waals surface area contributed by atoms with Crippen LogP contribution in [-0.4, -0.2) is 5.97 Å². The van der Waals surface area contributed by atoms with Gasteiger partial charge in [0.05, 0.1) is 0 Å². The van der Waals surface area contributed by atoms with Crippen LogP contribution in [0.1, 0.15) is 57.6 Å². The summed E-state index contributed by atoms with van der Waals surface area (Å²) in [4.78, 5) is 11.0. The number of rotatable bonds is 2. The number of hydrogen-bond donors (Lipinski definition) is 0. The molecule has 2 rings (SSSR count). The molecule has 0 N–H and O–H groups in total. The summed E-state index contributed by atoms with van der Waals surface area (Å²) in [6.07, 6.45) is 2.51. The van der Waals surface area contributed by atoms with E-state index < -0.39 is 0 Å². The third kappa shape index (κ3) is 3.09. The molecule has 0 spiro atoms. The molecular formula is C15H20O2. The first kappa shape index (κ1) is 12.2. The van der Waals surface area contributed by atoms with Crippen molar-refractivity contribution < 1.29 is 9.53 Å². The Hall–Kier alpha value is -1.31. The number of carbonyl (C=O) groups is 1. The standard InChI is InChI=1S/C15H20O2/c1-10(16)17-14-8-12(11-5-6-11)7-13(9-14)15(2,3)4/h7-9,11H,5-6H2,1-4H3. The molecule has 1 fully saturated rings. The van der Waals surface area contributed by atoms with Crippen LogP contribution >= 0.6 is 0 Å². The first-order chi connectivity index (χ1) is 7.86. The summed E-state index contributed by atoms with van der Waals surface area (Å²) in [7, 11) is 0. The van der Waals surface area contributed by atoms with Gasteiger partial charge < -0.3 is 4.74 Å². The van der Waals surface area contributed by atoms with Crippen molar-refractivity contribution in [2.75, 3.05) is 0 Å². The normalized spacial score (nSPS) is 15.8. The van der Waals surface area contributed by atoms with E-state index in [0.29, 0.717) is 11.7 Å². The van der Waals surface area contributed by atoms with Gasteiger partial charge in [-0.15, -0.1) is 0 Å². The summed E-state index contributed by atoms with van der Waals surface area (Å²) in [6.45, 7) is 7.98. The topological polar surface area (TPSA) is 26.3 Å². The highest BCUT2D eigenvalue weighted by Gasteiger charge is 2.26. The van der Waals surface area contributed by atoms with Gasteiger partial charge in [-0.1, -0.05) is 26.8 Å². The molecule has 0 amide bonds. The molecule has 0 radical (unpaired) electrons. The van der Waals surface area contributed by atoms with Crippen LogP contribution in [0.15, 0.2) is 18.2 Å². The van der Waals surface area contributed by atoms with E-state index >= 15 is 0 Å². The lowest BCUT2D eigenvalue weighted by atomic mass is 9.85. The Morgan fingerprint density at radius 2 is 1.88 bits per heavy atom. The van der Waals surface area contributed by atoms with Crippen molar-refractivity contribution in [2.24, 2.45) is 0 Å². The number of ether oxygens (including phenoxy) is 1. The van der Waals surface area contributed by atoms with Gasteiger partial charge in [0.1, 0.15) is 5.75 Å². The first-order valence-electron chi connectivity index (χ1n) is 6.20. The second-order valence-corrected chi connectivity index (χ2v) is 5.91. The van der Waals surface area contributed by atoms with E-state index in [0.717, 1.165) is 0 Å². The van der Waals surface area contributed by atoms with E-state index in [9.17, 15) is 4.79 Å². The van der Waals surface area contributed by atoms with E-state index in [4.69, 9.17) is 4.74 Å². The lowest BCUT2D eigenvalue weighted by Gasteiger charge is -2.21. The quantitative estimate of drug-likeness (QED) is 0.573. The Kier molecular flexibility index (Phi) is 2.98. The van der Waals surface area contributed by atoms with Gasteiger partial charge in [0.25, 0.3) is 0 Å². The molecule has 0 heterocycles. The second-order valence-electron chi connectivity index (χ2n) is 5.91. The van der Waals surface area contributed by atoms with Crippen LogP contribution in [0.2, 0.25) is 0 Å². The predicted octanol–water partition coefficient (Wildman–Crippen LogP) is 3.79. The average Bonchev–Trinajstić information content (AvgIpc) is 2.97. The highest BCUT2D eigenvalue weighted by molar-refractivity contribution is 5.69. The summed E-state index contributed by atoms with van der Waals surface area (Å²) in [5.74, 6) is 1.11. The molecule has 1 aromatic rings. The molecule has 0 unspecified atom stereocenters. The molecule has 2 nitrogen and oxygen atoms in total. The van der Waals surface area contributed by atoms with Crippen LogP contribution in [0.3, 0.4) is 0 Å². The van der Waals surface area contributed by atoms with Gasteiger partial charge in [-0.3, -0.25) is 4.79 Å². The minimum atomic E-state index is -0.252. The molecule has 1 aliphatic rings. The molecule has 17 heavy (non-hydrogen) atoms. The Morgan fingerprint density at radius 3 is 2.35 bits per heavy atom. The molecule has 0 aliphatic heterocycles. The van der Waals surface area contributed by atoms with Crippen LogP contribution in [0, 0.1) is 0 Å². The van der Waals surface area contributed by atoms with Crippen LogP contribution in [0.4, 0.5) is 0 Å². The van der Waals surface area contributed by atoms with Crippen LogP contribution in [0.5, 0.6) is 5.75 Å². The van der Waals surface area contributed by atoms with Gasteiger partial charge in [0.15, 0.2) is 0 Å². The fraction of sp³-hybridized carbons (Fsp3) is 0.533. The summed E-state index contributed by atoms with van der Waals surface area (Å²) >= 11 is 0. The maximum absolute atomic E-state index is 11.0. The molecule has 1 aliphatic carbocycles. The fourth-order valence-corrected chi connectivity index (χ4v) is 1.93. The molecule has 0 bridgehead atoms. The lowest BCUT2D eigenvalue weighted by Crippen LogP contribution is -2.12. The highest BCUT2D eigenvalue weighted by atomic mass is 16.5. The van der Waals surface area contributed by atoms with Gasteiger partial charge in [-0.05, 0) is 47.4 Å². The fourth-order valence-electron chi connectivity index (χ4n) is 1.93. The van der Waals surface area contributed by atoms with E-state index in [1.165, 1.54) is 30.9 Å². The number of benzene rings is 1. The van der Waals surface area contributed by atoms with Crippen LogP contribution in [-0.2, 0) is 10.2 Å². The summed E-state index contributed by atoms with van der Waals surface area (Å²) in [5.41, 5.74) is 2.63. The van der Waals surface area contributed by atoms with Crippen molar-refractivity contribution in [3.8, 4) is 5.75 Å². The summed E-state index contributed by atoms with van der Waals surface area (Å²) in [5, 5.41) is 0. The molecule has 1 aromatic carbocycles. The third-order valence-corrected chi connectivity index (χ3v) is 3.11. The van der Waals surface area contributed by atoms with E-state index in [1.807, 2.05) is 12.1 Å². The van der Waals surface area contributed by atoms with Crippen molar-refractivity contribution in [3.63, 3.8) is 0 Å². The van der Waals surface area contributed by atoms with Crippen LogP contribution in [0.25, 0.3) is 0 Å². The van der Waals surface area contributed by atoms with E-state index in [-0.39, 0.29) is 11.4 Å². The smallest absolute Gasteiger partial charge is 0.308 e. The number of hydrogen-bond acceptors (Lipinski definition) is 2. The summed E-state index contributed by atoms with van der Waals surface area (Å²) in [6, 6.07) is 6.24. The largest absolute Gasteiger partial charge is 0.427 e. The SMILES string of the molecule is CC(=O)Oc1cc(C2CC2)cc(C(C)(C)C)c1. The zero-order chi connectivity index (χ0) is 12.6. The number of esters is 1. The van der Waals surface area contributed by atoms with Gasteiger partial charge >= 0.3 is 5.97 Å². The maximum atomic E-state index is 11.0. The minimum Gasteiger partial charge on any atom is -0.427 e. The van der Waals surface area contributed by atoms with Crippen molar-refractivity contribution in [1.82, 2.24) is 0 Å². The van der Waals surface area contributed by atoms with Gasteiger partial charge in [-0.2, -0.15) is 0 Å². The van der Waals surface area contributed by atoms with Crippen molar-refractivity contribution in [2.45, 2.75) is 51.9 Å². The number of carbonyl (C=O) groups excluding carboxylic acids is 1. The average molecular weight is 232 g/mol. The molecule has 92 valence electrons. The van der Waals surface area contributed by atoms with Crippen molar-refractivity contribution >= 4 is 5.97 Å². The van der Waals surface area contributed by atoms with Crippen molar-refractivity contribution in [3.05, 3.63) is 29.3 Å². The Balaban J connectivity index is 2.38. The monoisotopic (exact) mass is 232 g/mol. The summed E-state index contributed by atoms with van der Waals surface area (Å²) < 4.78 is 5.23. The molecule has 2 heteroatoms. The molecular weight excluding hydrogens is 212 g/mol. The zero-order valence-corrected chi connectivity index (χ0v) is 11.0. The minimum absolute atomic E-state index is 0.0831. The molecule has 1 saturated carbocycles. The van der Waals surface area contributed by atoms with Gasteiger partial charge in [0.2, 0.25) is 0 Å². The third-order valence-electron chi connectivity index (χ3n) is 3.11.